The van der Waals surface area contributed by atoms with E-state index in [0.717, 1.165) is 19.4 Å². The molecule has 1 aliphatic rings. The number of aliphatic hydroxyl groups is 1. The molecule has 2 rings (SSSR count). The van der Waals surface area contributed by atoms with Crippen LogP contribution in [0.25, 0.3) is 0 Å². The topological polar surface area (TPSA) is 23.5 Å². The third-order valence-corrected chi connectivity index (χ3v) is 4.05. The van der Waals surface area contributed by atoms with E-state index in [1.165, 1.54) is 24.1 Å². The van der Waals surface area contributed by atoms with Gasteiger partial charge in [-0.3, -0.25) is 0 Å². The Hall–Kier alpha value is -1.02. The summed E-state index contributed by atoms with van der Waals surface area (Å²) in [6, 6.07) is 8.68. The van der Waals surface area contributed by atoms with Crippen molar-refractivity contribution in [2.24, 2.45) is 0 Å². The zero-order valence-corrected chi connectivity index (χ0v) is 11.8. The highest BCUT2D eigenvalue weighted by Crippen LogP contribution is 2.34. The van der Waals surface area contributed by atoms with Crippen molar-refractivity contribution in [3.63, 3.8) is 0 Å². The Labute approximate surface area is 111 Å². The highest BCUT2D eigenvalue weighted by atomic mass is 16.3. The Morgan fingerprint density at radius 3 is 2.78 bits per heavy atom. The molecule has 0 aliphatic carbocycles. The second kappa shape index (κ2) is 5.31. The Balaban J connectivity index is 2.23. The molecular formula is C16H25NO. The molecule has 0 spiro atoms. The Morgan fingerprint density at radius 2 is 2.06 bits per heavy atom. The van der Waals surface area contributed by atoms with E-state index >= 15 is 0 Å². The number of hydrogen-bond acceptors (Lipinski definition) is 2. The number of anilines is 1. The summed E-state index contributed by atoms with van der Waals surface area (Å²) >= 11 is 0. The van der Waals surface area contributed by atoms with Crippen molar-refractivity contribution in [3.8, 4) is 0 Å². The second-order valence-electron chi connectivity index (χ2n) is 5.96. The molecule has 1 aliphatic heterocycles. The molecule has 1 unspecified atom stereocenters. The van der Waals surface area contributed by atoms with Crippen LogP contribution in [-0.4, -0.2) is 23.3 Å². The van der Waals surface area contributed by atoms with Gasteiger partial charge in [-0.1, -0.05) is 25.1 Å². The van der Waals surface area contributed by atoms with Gasteiger partial charge in [-0.15, -0.1) is 0 Å². The largest absolute Gasteiger partial charge is 0.393 e. The number of aliphatic hydroxyl groups excluding tert-OH is 1. The van der Waals surface area contributed by atoms with Crippen molar-refractivity contribution in [2.75, 3.05) is 11.4 Å². The highest BCUT2D eigenvalue weighted by Gasteiger charge is 2.31. The van der Waals surface area contributed by atoms with Gasteiger partial charge in [-0.05, 0) is 51.2 Å². The third-order valence-electron chi connectivity index (χ3n) is 4.05. The highest BCUT2D eigenvalue weighted by molar-refractivity contribution is 5.57. The summed E-state index contributed by atoms with van der Waals surface area (Å²) in [5.74, 6) is 0. The number of rotatable bonds is 4. The van der Waals surface area contributed by atoms with Crippen molar-refractivity contribution in [2.45, 2.75) is 58.1 Å². The van der Waals surface area contributed by atoms with E-state index in [4.69, 9.17) is 0 Å². The first-order valence-electron chi connectivity index (χ1n) is 7.08. The van der Waals surface area contributed by atoms with Crippen LogP contribution in [-0.2, 0) is 6.42 Å². The molecule has 0 amide bonds. The fourth-order valence-corrected chi connectivity index (χ4v) is 2.99. The first kappa shape index (κ1) is 13.4. The molecule has 1 aromatic carbocycles. The van der Waals surface area contributed by atoms with E-state index in [-0.39, 0.29) is 11.6 Å². The first-order valence-corrected chi connectivity index (χ1v) is 7.08. The van der Waals surface area contributed by atoms with Crippen molar-refractivity contribution < 1.29 is 5.11 Å². The minimum absolute atomic E-state index is 0.0198. The minimum atomic E-state index is -0.200. The third kappa shape index (κ3) is 2.69. The monoisotopic (exact) mass is 247 g/mol. The van der Waals surface area contributed by atoms with Gasteiger partial charge in [-0.2, -0.15) is 0 Å². The number of benzene rings is 1. The van der Waals surface area contributed by atoms with Gasteiger partial charge in [0.2, 0.25) is 0 Å². The zero-order valence-electron chi connectivity index (χ0n) is 11.8. The maximum atomic E-state index is 9.95. The van der Waals surface area contributed by atoms with E-state index in [2.05, 4.69) is 43.0 Å². The molecule has 100 valence electrons. The number of nitrogens with zero attached hydrogens (tertiary/aromatic N) is 1. The predicted octanol–water partition coefficient (Wildman–Crippen LogP) is 3.38. The molecule has 2 heteroatoms. The van der Waals surface area contributed by atoms with Crippen molar-refractivity contribution in [1.29, 1.82) is 0 Å². The summed E-state index contributed by atoms with van der Waals surface area (Å²) in [5, 5.41) is 9.95. The maximum Gasteiger partial charge on any atom is 0.0559 e. The van der Waals surface area contributed by atoms with Gasteiger partial charge < -0.3 is 10.0 Å². The van der Waals surface area contributed by atoms with Gasteiger partial charge in [0.15, 0.2) is 0 Å². The molecule has 0 saturated heterocycles. The number of hydrogen-bond donors (Lipinski definition) is 1. The molecule has 1 N–H and O–H groups in total. The average molecular weight is 247 g/mol. The molecule has 0 fully saturated rings. The fourth-order valence-electron chi connectivity index (χ4n) is 2.99. The molecule has 0 radical (unpaired) electrons. The van der Waals surface area contributed by atoms with E-state index in [1.54, 1.807) is 0 Å². The van der Waals surface area contributed by atoms with E-state index in [0.29, 0.717) is 0 Å². The maximum absolute atomic E-state index is 9.95. The van der Waals surface area contributed by atoms with Gasteiger partial charge in [-0.25, -0.2) is 0 Å². The van der Waals surface area contributed by atoms with Crippen LogP contribution < -0.4 is 4.90 Å². The Morgan fingerprint density at radius 1 is 1.33 bits per heavy atom. The van der Waals surface area contributed by atoms with Gasteiger partial charge in [0.1, 0.15) is 0 Å². The smallest absolute Gasteiger partial charge is 0.0559 e. The zero-order chi connectivity index (χ0) is 13.2. The second-order valence-corrected chi connectivity index (χ2v) is 5.96. The number of aryl methyl sites for hydroxylation is 1. The van der Waals surface area contributed by atoms with Crippen LogP contribution in [0.3, 0.4) is 0 Å². The summed E-state index contributed by atoms with van der Waals surface area (Å²) < 4.78 is 0. The molecule has 1 aromatic rings. The van der Waals surface area contributed by atoms with Crippen molar-refractivity contribution in [1.82, 2.24) is 0 Å². The van der Waals surface area contributed by atoms with Crippen molar-refractivity contribution >= 4 is 5.69 Å². The van der Waals surface area contributed by atoms with Crippen LogP contribution in [0.1, 0.15) is 45.6 Å². The standard InChI is InChI=1S/C16H25NO/c1-4-14(18)12-16(2,3)17-11-7-9-13-8-5-6-10-15(13)17/h5-6,8,10,14,18H,4,7,9,11-12H2,1-3H3. The average Bonchev–Trinajstić information content (AvgIpc) is 2.37. The van der Waals surface area contributed by atoms with Crippen LogP contribution in [0.2, 0.25) is 0 Å². The summed E-state index contributed by atoms with van der Waals surface area (Å²) in [5.41, 5.74) is 2.83. The van der Waals surface area contributed by atoms with E-state index in [9.17, 15) is 5.11 Å². The van der Waals surface area contributed by atoms with Gasteiger partial charge >= 0.3 is 0 Å². The number of fused-ring (bicyclic) bond motifs is 1. The summed E-state index contributed by atoms with van der Waals surface area (Å²) in [6.45, 7) is 7.63. The SMILES string of the molecule is CCC(O)CC(C)(C)N1CCCc2ccccc21. The lowest BCUT2D eigenvalue weighted by atomic mass is 9.89. The minimum Gasteiger partial charge on any atom is -0.393 e. The van der Waals surface area contributed by atoms with Gasteiger partial charge in [0.05, 0.1) is 6.10 Å². The van der Waals surface area contributed by atoms with E-state index < -0.39 is 0 Å². The van der Waals surface area contributed by atoms with Gasteiger partial charge in [0.25, 0.3) is 0 Å². The Kier molecular flexibility index (Phi) is 3.96. The molecule has 0 bridgehead atoms. The quantitative estimate of drug-likeness (QED) is 0.881. The lowest BCUT2D eigenvalue weighted by Crippen LogP contribution is -2.48. The summed E-state index contributed by atoms with van der Waals surface area (Å²) in [6.07, 6.45) is 3.85. The molecule has 2 nitrogen and oxygen atoms in total. The fraction of sp³-hybridized carbons (Fsp3) is 0.625. The Bertz CT molecular complexity index is 400. The molecular weight excluding hydrogens is 222 g/mol. The van der Waals surface area contributed by atoms with Crippen LogP contribution in [0.5, 0.6) is 0 Å². The molecule has 1 atom stereocenters. The molecule has 1 heterocycles. The van der Waals surface area contributed by atoms with Crippen LogP contribution in [0.15, 0.2) is 24.3 Å². The van der Waals surface area contributed by atoms with E-state index in [1.807, 2.05) is 6.92 Å². The summed E-state index contributed by atoms with van der Waals surface area (Å²) in [4.78, 5) is 2.48. The first-order chi connectivity index (χ1) is 8.54. The lowest BCUT2D eigenvalue weighted by molar-refractivity contribution is 0.133. The van der Waals surface area contributed by atoms with Crippen LogP contribution in [0.4, 0.5) is 5.69 Å². The van der Waals surface area contributed by atoms with Crippen LogP contribution in [0, 0.1) is 0 Å². The summed E-state index contributed by atoms with van der Waals surface area (Å²) in [7, 11) is 0. The lowest BCUT2D eigenvalue weighted by Gasteiger charge is -2.44. The van der Waals surface area contributed by atoms with Crippen molar-refractivity contribution in [3.05, 3.63) is 29.8 Å². The molecule has 0 saturated carbocycles. The van der Waals surface area contributed by atoms with Crippen LogP contribution >= 0.6 is 0 Å². The predicted molar refractivity (Wildman–Crippen MR) is 77.1 cm³/mol. The normalized spacial score (nSPS) is 17.4. The molecule has 18 heavy (non-hydrogen) atoms. The molecule has 0 aromatic heterocycles. The van der Waals surface area contributed by atoms with Gasteiger partial charge in [0, 0.05) is 17.8 Å². The number of para-hydroxylation sites is 1.